The number of anilines is 1. The predicted molar refractivity (Wildman–Crippen MR) is 98.2 cm³/mol. The van der Waals surface area contributed by atoms with Gasteiger partial charge in [-0.3, -0.25) is 14.8 Å². The van der Waals surface area contributed by atoms with E-state index in [9.17, 15) is 4.79 Å². The van der Waals surface area contributed by atoms with Crippen molar-refractivity contribution < 1.29 is 4.79 Å². The Morgan fingerprint density at radius 1 is 1.28 bits per heavy atom. The van der Waals surface area contributed by atoms with Gasteiger partial charge in [0.2, 0.25) is 11.9 Å². The smallest absolute Gasteiger partial charge is 0.248 e. The highest BCUT2D eigenvalue weighted by molar-refractivity contribution is 9.10. The van der Waals surface area contributed by atoms with E-state index in [-0.39, 0.29) is 5.91 Å². The molecule has 1 amide bonds. The van der Waals surface area contributed by atoms with Crippen LogP contribution in [0.3, 0.4) is 0 Å². The molecule has 0 bridgehead atoms. The Morgan fingerprint density at radius 3 is 2.80 bits per heavy atom. The summed E-state index contributed by atoms with van der Waals surface area (Å²) in [4.78, 5) is 16.2. The lowest BCUT2D eigenvalue weighted by atomic mass is 10.1. The summed E-state index contributed by atoms with van der Waals surface area (Å²) in [5, 5.41) is 11.2. The standard InChI is InChI=1S/C17H19BrN6O/c1-12-5-3-4-6-14(12)10-23-11-19-17(22-23)21-16(25)7-8-24-13(2)15(18)9-20-24/h3-6,9,11H,7-8,10H2,1-2H3,(H,21,22,25). The van der Waals surface area contributed by atoms with Gasteiger partial charge in [-0.2, -0.15) is 5.10 Å². The first-order valence-corrected chi connectivity index (χ1v) is 8.74. The maximum atomic E-state index is 12.1. The average Bonchev–Trinajstić information content (AvgIpc) is 3.15. The number of carbonyl (C=O) groups excluding carboxylic acids is 1. The molecule has 0 unspecified atom stereocenters. The normalized spacial score (nSPS) is 10.8. The van der Waals surface area contributed by atoms with Crippen molar-refractivity contribution in [3.8, 4) is 0 Å². The molecule has 1 N–H and O–H groups in total. The molecular formula is C17H19BrN6O. The summed E-state index contributed by atoms with van der Waals surface area (Å²) in [7, 11) is 0. The van der Waals surface area contributed by atoms with Crippen LogP contribution in [0.1, 0.15) is 23.2 Å². The molecule has 130 valence electrons. The van der Waals surface area contributed by atoms with Crippen molar-refractivity contribution in [3.63, 3.8) is 0 Å². The molecular weight excluding hydrogens is 384 g/mol. The molecule has 2 heterocycles. The van der Waals surface area contributed by atoms with E-state index in [4.69, 9.17) is 0 Å². The highest BCUT2D eigenvalue weighted by atomic mass is 79.9. The van der Waals surface area contributed by atoms with Crippen LogP contribution in [-0.4, -0.2) is 30.5 Å². The van der Waals surface area contributed by atoms with Crippen LogP contribution in [0, 0.1) is 13.8 Å². The minimum Gasteiger partial charge on any atom is -0.293 e. The van der Waals surface area contributed by atoms with E-state index in [2.05, 4.69) is 55.5 Å². The second-order valence-corrected chi connectivity index (χ2v) is 6.65. The molecule has 0 saturated heterocycles. The number of amides is 1. The van der Waals surface area contributed by atoms with Gasteiger partial charge in [-0.15, -0.1) is 5.10 Å². The second-order valence-electron chi connectivity index (χ2n) is 5.79. The molecule has 0 aliphatic carbocycles. The number of hydrogen-bond acceptors (Lipinski definition) is 4. The molecule has 2 aromatic heterocycles. The number of hydrogen-bond donors (Lipinski definition) is 1. The van der Waals surface area contributed by atoms with Crippen molar-refractivity contribution in [1.82, 2.24) is 24.5 Å². The zero-order chi connectivity index (χ0) is 17.8. The van der Waals surface area contributed by atoms with Gasteiger partial charge in [0.25, 0.3) is 0 Å². The van der Waals surface area contributed by atoms with Crippen molar-refractivity contribution in [1.29, 1.82) is 0 Å². The largest absolute Gasteiger partial charge is 0.293 e. The molecule has 0 radical (unpaired) electrons. The summed E-state index contributed by atoms with van der Waals surface area (Å²) in [6.07, 6.45) is 3.65. The Morgan fingerprint density at radius 2 is 2.08 bits per heavy atom. The maximum absolute atomic E-state index is 12.1. The molecule has 0 fully saturated rings. The number of benzene rings is 1. The number of rotatable bonds is 6. The third kappa shape index (κ3) is 4.33. The predicted octanol–water partition coefficient (Wildman–Crippen LogP) is 2.93. The average molecular weight is 403 g/mol. The summed E-state index contributed by atoms with van der Waals surface area (Å²) in [5.74, 6) is 0.177. The van der Waals surface area contributed by atoms with Crippen LogP contribution in [0.15, 0.2) is 41.3 Å². The van der Waals surface area contributed by atoms with Gasteiger partial charge in [-0.25, -0.2) is 9.67 Å². The van der Waals surface area contributed by atoms with Crippen LogP contribution in [0.25, 0.3) is 0 Å². The lowest BCUT2D eigenvalue weighted by Crippen LogP contribution is -2.16. The Balaban J connectivity index is 1.55. The Hall–Kier alpha value is -2.48. The monoisotopic (exact) mass is 402 g/mol. The fourth-order valence-corrected chi connectivity index (χ4v) is 2.73. The van der Waals surface area contributed by atoms with E-state index in [1.54, 1.807) is 21.9 Å². The minimum atomic E-state index is -0.139. The van der Waals surface area contributed by atoms with Crippen LogP contribution in [0.2, 0.25) is 0 Å². The zero-order valence-electron chi connectivity index (χ0n) is 14.1. The zero-order valence-corrected chi connectivity index (χ0v) is 15.7. The highest BCUT2D eigenvalue weighted by Gasteiger charge is 2.09. The molecule has 3 rings (SSSR count). The Bertz CT molecular complexity index is 885. The number of nitrogens with zero attached hydrogens (tertiary/aromatic N) is 5. The molecule has 0 aliphatic rings. The first-order valence-electron chi connectivity index (χ1n) is 7.94. The molecule has 0 atom stereocenters. The van der Waals surface area contributed by atoms with Gasteiger partial charge in [-0.1, -0.05) is 24.3 Å². The number of halogens is 1. The van der Waals surface area contributed by atoms with Crippen molar-refractivity contribution in [3.05, 3.63) is 58.1 Å². The molecule has 0 saturated carbocycles. The molecule has 1 aromatic carbocycles. The van der Waals surface area contributed by atoms with E-state index in [0.29, 0.717) is 25.5 Å². The summed E-state index contributed by atoms with van der Waals surface area (Å²) >= 11 is 3.41. The molecule has 0 spiro atoms. The molecule has 8 heteroatoms. The van der Waals surface area contributed by atoms with Crippen LogP contribution >= 0.6 is 15.9 Å². The van der Waals surface area contributed by atoms with Gasteiger partial charge in [-0.05, 0) is 40.9 Å². The third-order valence-electron chi connectivity index (χ3n) is 3.98. The fourth-order valence-electron chi connectivity index (χ4n) is 2.43. The molecule has 7 nitrogen and oxygen atoms in total. The van der Waals surface area contributed by atoms with E-state index < -0.39 is 0 Å². The van der Waals surface area contributed by atoms with Gasteiger partial charge in [0.05, 0.1) is 23.8 Å². The maximum Gasteiger partial charge on any atom is 0.248 e. The van der Waals surface area contributed by atoms with Crippen LogP contribution in [0.5, 0.6) is 0 Å². The number of carbonyl (C=O) groups is 1. The lowest BCUT2D eigenvalue weighted by molar-refractivity contribution is -0.116. The minimum absolute atomic E-state index is 0.139. The quantitative estimate of drug-likeness (QED) is 0.687. The van der Waals surface area contributed by atoms with E-state index in [1.807, 2.05) is 19.1 Å². The SMILES string of the molecule is Cc1ccccc1Cn1cnc(NC(=O)CCn2ncc(Br)c2C)n1. The van der Waals surface area contributed by atoms with E-state index in [0.717, 1.165) is 10.2 Å². The molecule has 25 heavy (non-hydrogen) atoms. The van der Waals surface area contributed by atoms with Crippen molar-refractivity contribution >= 4 is 27.8 Å². The van der Waals surface area contributed by atoms with Gasteiger partial charge in [0.1, 0.15) is 6.33 Å². The van der Waals surface area contributed by atoms with Crippen LogP contribution in [-0.2, 0) is 17.9 Å². The van der Waals surface area contributed by atoms with Gasteiger partial charge in [0.15, 0.2) is 0 Å². The van der Waals surface area contributed by atoms with Crippen molar-refractivity contribution in [2.75, 3.05) is 5.32 Å². The lowest BCUT2D eigenvalue weighted by Gasteiger charge is -2.05. The fraction of sp³-hybridized carbons (Fsp3) is 0.294. The third-order valence-corrected chi connectivity index (χ3v) is 4.75. The Kier molecular flexibility index (Phi) is 5.28. The van der Waals surface area contributed by atoms with E-state index >= 15 is 0 Å². The summed E-state index contributed by atoms with van der Waals surface area (Å²) in [6.45, 7) is 5.14. The van der Waals surface area contributed by atoms with E-state index in [1.165, 1.54) is 11.1 Å². The summed E-state index contributed by atoms with van der Waals surface area (Å²) < 4.78 is 4.44. The second kappa shape index (κ2) is 7.60. The topological polar surface area (TPSA) is 77.6 Å². The van der Waals surface area contributed by atoms with Crippen LogP contribution in [0.4, 0.5) is 5.95 Å². The number of aryl methyl sites for hydroxylation is 2. The first-order chi connectivity index (χ1) is 12.0. The Labute approximate surface area is 154 Å². The summed E-state index contributed by atoms with van der Waals surface area (Å²) in [6, 6.07) is 8.12. The van der Waals surface area contributed by atoms with Crippen molar-refractivity contribution in [2.45, 2.75) is 33.4 Å². The first kappa shape index (κ1) is 17.3. The highest BCUT2D eigenvalue weighted by Crippen LogP contribution is 2.14. The molecule has 3 aromatic rings. The summed E-state index contributed by atoms with van der Waals surface area (Å²) in [5.41, 5.74) is 3.36. The van der Waals surface area contributed by atoms with Crippen LogP contribution < -0.4 is 5.32 Å². The molecule has 0 aliphatic heterocycles. The van der Waals surface area contributed by atoms with Crippen molar-refractivity contribution in [2.24, 2.45) is 0 Å². The van der Waals surface area contributed by atoms with Gasteiger partial charge < -0.3 is 0 Å². The number of nitrogens with one attached hydrogen (secondary N) is 1. The van der Waals surface area contributed by atoms with Gasteiger partial charge >= 0.3 is 0 Å². The number of aromatic nitrogens is 5. The van der Waals surface area contributed by atoms with Gasteiger partial charge in [0, 0.05) is 12.1 Å².